The number of benzene rings is 1. The first-order valence-electron chi connectivity index (χ1n) is 5.95. The van der Waals surface area contributed by atoms with Gasteiger partial charge in [-0.1, -0.05) is 0 Å². The van der Waals surface area contributed by atoms with E-state index < -0.39 is 0 Å². The number of nitrogen functional groups attached to an aromatic ring is 2. The van der Waals surface area contributed by atoms with Gasteiger partial charge in [0.15, 0.2) is 0 Å². The van der Waals surface area contributed by atoms with Crippen LogP contribution in [-0.2, 0) is 4.74 Å². The van der Waals surface area contributed by atoms with Crippen LogP contribution in [0.4, 0.5) is 11.4 Å². The first kappa shape index (κ1) is 14.3. The molecule has 0 saturated carbocycles. The zero-order chi connectivity index (χ0) is 13.7. The predicted octanol–water partition coefficient (Wildman–Crippen LogP) is 1.35. The smallest absolute Gasteiger partial charge is 0.254 e. The molecule has 0 saturated heterocycles. The molecule has 1 atom stereocenters. The lowest BCUT2D eigenvalue weighted by Crippen LogP contribution is -2.41. The summed E-state index contributed by atoms with van der Waals surface area (Å²) in [5.41, 5.74) is 12.9. The van der Waals surface area contributed by atoms with Crippen LogP contribution in [-0.4, -0.2) is 37.1 Å². The van der Waals surface area contributed by atoms with Gasteiger partial charge in [0.25, 0.3) is 5.91 Å². The average molecular weight is 251 g/mol. The Morgan fingerprint density at radius 2 is 1.89 bits per heavy atom. The summed E-state index contributed by atoms with van der Waals surface area (Å²) in [6, 6.07) is 4.92. The molecule has 1 rings (SSSR count). The highest BCUT2D eigenvalue weighted by atomic mass is 16.5. The SMILES string of the molecule is CCN(C(=O)c1cc(N)cc(N)c1)C(C)COC. The second kappa shape index (κ2) is 6.26. The number of rotatable bonds is 5. The number of ether oxygens (including phenoxy) is 1. The largest absolute Gasteiger partial charge is 0.399 e. The van der Waals surface area contributed by atoms with Crippen molar-refractivity contribution < 1.29 is 9.53 Å². The van der Waals surface area contributed by atoms with Crippen LogP contribution in [0.3, 0.4) is 0 Å². The quantitative estimate of drug-likeness (QED) is 0.774. The predicted molar refractivity (Wildman–Crippen MR) is 73.3 cm³/mol. The van der Waals surface area contributed by atoms with Gasteiger partial charge >= 0.3 is 0 Å². The first-order chi connectivity index (χ1) is 8.49. The standard InChI is InChI=1S/C13H21N3O2/c1-4-16(9(2)8-18-3)13(17)10-5-11(14)7-12(15)6-10/h5-7,9H,4,8,14-15H2,1-3H3. The molecule has 0 bridgehead atoms. The topological polar surface area (TPSA) is 81.6 Å². The van der Waals surface area contributed by atoms with Crippen molar-refractivity contribution in [3.05, 3.63) is 23.8 Å². The van der Waals surface area contributed by atoms with Gasteiger partial charge < -0.3 is 21.1 Å². The van der Waals surface area contributed by atoms with E-state index in [2.05, 4.69) is 0 Å². The van der Waals surface area contributed by atoms with Crippen molar-refractivity contribution in [2.75, 3.05) is 31.7 Å². The molecule has 0 heterocycles. The number of hydrogen-bond acceptors (Lipinski definition) is 4. The highest BCUT2D eigenvalue weighted by Gasteiger charge is 2.20. The average Bonchev–Trinajstić information content (AvgIpc) is 2.28. The Bertz CT molecular complexity index is 400. The van der Waals surface area contributed by atoms with Gasteiger partial charge in [-0.25, -0.2) is 0 Å². The van der Waals surface area contributed by atoms with E-state index in [1.807, 2.05) is 13.8 Å². The van der Waals surface area contributed by atoms with E-state index in [-0.39, 0.29) is 11.9 Å². The molecule has 5 nitrogen and oxygen atoms in total. The number of methoxy groups -OCH3 is 1. The van der Waals surface area contributed by atoms with Crippen LogP contribution >= 0.6 is 0 Å². The highest BCUT2D eigenvalue weighted by molar-refractivity contribution is 5.96. The van der Waals surface area contributed by atoms with E-state index >= 15 is 0 Å². The van der Waals surface area contributed by atoms with E-state index in [0.717, 1.165) is 0 Å². The zero-order valence-corrected chi connectivity index (χ0v) is 11.1. The summed E-state index contributed by atoms with van der Waals surface area (Å²) >= 11 is 0. The number of amides is 1. The lowest BCUT2D eigenvalue weighted by Gasteiger charge is -2.27. The minimum atomic E-state index is -0.0824. The molecule has 0 aliphatic heterocycles. The number of nitrogens with two attached hydrogens (primary N) is 2. The first-order valence-corrected chi connectivity index (χ1v) is 5.95. The van der Waals surface area contributed by atoms with Crippen LogP contribution in [0.5, 0.6) is 0 Å². The van der Waals surface area contributed by atoms with Crippen LogP contribution < -0.4 is 11.5 Å². The molecule has 100 valence electrons. The molecule has 1 amide bonds. The third-order valence-corrected chi connectivity index (χ3v) is 2.77. The third-order valence-electron chi connectivity index (χ3n) is 2.77. The Kier molecular flexibility index (Phi) is 4.97. The molecule has 4 N–H and O–H groups in total. The van der Waals surface area contributed by atoms with Gasteiger partial charge in [0.1, 0.15) is 0 Å². The second-order valence-corrected chi connectivity index (χ2v) is 4.28. The molecule has 0 aliphatic rings. The monoisotopic (exact) mass is 251 g/mol. The molecule has 1 aromatic rings. The number of hydrogen-bond donors (Lipinski definition) is 2. The number of carbonyl (C=O) groups excluding carboxylic acids is 1. The Hall–Kier alpha value is -1.75. The Morgan fingerprint density at radius 3 is 2.33 bits per heavy atom. The third kappa shape index (κ3) is 3.37. The van der Waals surface area contributed by atoms with Crippen molar-refractivity contribution >= 4 is 17.3 Å². The molecule has 0 radical (unpaired) electrons. The van der Waals surface area contributed by atoms with Crippen molar-refractivity contribution in [1.82, 2.24) is 4.90 Å². The fraction of sp³-hybridized carbons (Fsp3) is 0.462. The number of nitrogens with zero attached hydrogens (tertiary/aromatic N) is 1. The highest BCUT2D eigenvalue weighted by Crippen LogP contribution is 2.16. The van der Waals surface area contributed by atoms with Crippen LogP contribution in [0, 0.1) is 0 Å². The Balaban J connectivity index is 2.96. The molecule has 5 heteroatoms. The van der Waals surface area contributed by atoms with Gasteiger partial charge in [-0.2, -0.15) is 0 Å². The molecule has 0 aromatic heterocycles. The van der Waals surface area contributed by atoms with Crippen LogP contribution in [0.15, 0.2) is 18.2 Å². The molecular formula is C13H21N3O2. The molecule has 1 unspecified atom stereocenters. The maximum atomic E-state index is 12.4. The van der Waals surface area contributed by atoms with E-state index in [1.54, 1.807) is 30.2 Å². The summed E-state index contributed by atoms with van der Waals surface area (Å²) in [4.78, 5) is 14.1. The van der Waals surface area contributed by atoms with E-state index in [4.69, 9.17) is 16.2 Å². The van der Waals surface area contributed by atoms with E-state index in [9.17, 15) is 4.79 Å². The summed E-state index contributed by atoms with van der Waals surface area (Å²) < 4.78 is 5.08. The minimum Gasteiger partial charge on any atom is -0.399 e. The Labute approximate surface area is 108 Å². The van der Waals surface area contributed by atoms with Gasteiger partial charge in [-0.05, 0) is 32.0 Å². The Morgan fingerprint density at radius 1 is 1.33 bits per heavy atom. The summed E-state index contributed by atoms with van der Waals surface area (Å²) in [6.45, 7) is 4.98. The zero-order valence-electron chi connectivity index (χ0n) is 11.1. The fourth-order valence-corrected chi connectivity index (χ4v) is 1.95. The maximum Gasteiger partial charge on any atom is 0.254 e. The number of likely N-dealkylation sites (N-methyl/N-ethyl adjacent to an activating group) is 1. The van der Waals surface area contributed by atoms with Crippen molar-refractivity contribution in [2.45, 2.75) is 19.9 Å². The van der Waals surface area contributed by atoms with Crippen molar-refractivity contribution in [3.8, 4) is 0 Å². The number of carbonyl (C=O) groups is 1. The molecule has 0 aliphatic carbocycles. The molecule has 1 aromatic carbocycles. The van der Waals surface area contributed by atoms with Crippen molar-refractivity contribution in [2.24, 2.45) is 0 Å². The van der Waals surface area contributed by atoms with Crippen molar-refractivity contribution in [3.63, 3.8) is 0 Å². The van der Waals surface area contributed by atoms with E-state index in [1.165, 1.54) is 0 Å². The normalized spacial score (nSPS) is 12.2. The lowest BCUT2D eigenvalue weighted by molar-refractivity contribution is 0.0579. The maximum absolute atomic E-state index is 12.4. The van der Waals surface area contributed by atoms with Gasteiger partial charge in [0.05, 0.1) is 12.6 Å². The van der Waals surface area contributed by atoms with Crippen molar-refractivity contribution in [1.29, 1.82) is 0 Å². The van der Waals surface area contributed by atoms with Crippen LogP contribution in [0.25, 0.3) is 0 Å². The van der Waals surface area contributed by atoms with Gasteiger partial charge in [-0.15, -0.1) is 0 Å². The lowest BCUT2D eigenvalue weighted by atomic mass is 10.1. The van der Waals surface area contributed by atoms with Crippen LogP contribution in [0.1, 0.15) is 24.2 Å². The summed E-state index contributed by atoms with van der Waals surface area (Å²) in [7, 11) is 1.62. The van der Waals surface area contributed by atoms with Gasteiger partial charge in [-0.3, -0.25) is 4.79 Å². The summed E-state index contributed by atoms with van der Waals surface area (Å²) in [5.74, 6) is -0.0824. The second-order valence-electron chi connectivity index (χ2n) is 4.28. The van der Waals surface area contributed by atoms with Crippen LogP contribution in [0.2, 0.25) is 0 Å². The molecule has 0 fully saturated rings. The van der Waals surface area contributed by atoms with E-state index in [0.29, 0.717) is 30.1 Å². The van der Waals surface area contributed by atoms with Gasteiger partial charge in [0.2, 0.25) is 0 Å². The molecular weight excluding hydrogens is 230 g/mol. The minimum absolute atomic E-state index is 0.00940. The summed E-state index contributed by atoms with van der Waals surface area (Å²) in [5, 5.41) is 0. The van der Waals surface area contributed by atoms with Gasteiger partial charge in [0, 0.05) is 30.6 Å². The summed E-state index contributed by atoms with van der Waals surface area (Å²) in [6.07, 6.45) is 0. The molecule has 18 heavy (non-hydrogen) atoms. The molecule has 0 spiro atoms. The fourth-order valence-electron chi connectivity index (χ4n) is 1.95. The number of anilines is 2.